The lowest BCUT2D eigenvalue weighted by Gasteiger charge is -2.05. The second-order valence-electron chi connectivity index (χ2n) is 4.16. The van der Waals surface area contributed by atoms with Gasteiger partial charge in [-0.05, 0) is 25.0 Å². The van der Waals surface area contributed by atoms with E-state index in [9.17, 15) is 4.79 Å². The Morgan fingerprint density at radius 2 is 2.24 bits per heavy atom. The fourth-order valence-corrected chi connectivity index (χ4v) is 1.72. The van der Waals surface area contributed by atoms with Gasteiger partial charge in [0.25, 0.3) is 0 Å². The van der Waals surface area contributed by atoms with Gasteiger partial charge in [0.05, 0.1) is 11.1 Å². The molecule has 1 heterocycles. The number of carboxylic acid groups (broad SMARTS) is 1. The van der Waals surface area contributed by atoms with Crippen LogP contribution >= 0.6 is 0 Å². The zero-order valence-electron chi connectivity index (χ0n) is 9.05. The molecule has 17 heavy (non-hydrogen) atoms. The second-order valence-corrected chi connectivity index (χ2v) is 4.16. The number of aromatic carboxylic acids is 1. The van der Waals surface area contributed by atoms with Crippen molar-refractivity contribution in [2.45, 2.75) is 18.9 Å². The van der Waals surface area contributed by atoms with Crippen molar-refractivity contribution in [1.29, 1.82) is 0 Å². The van der Waals surface area contributed by atoms with Crippen LogP contribution < -0.4 is 5.32 Å². The number of benzene rings is 1. The van der Waals surface area contributed by atoms with Crippen LogP contribution in [0, 0.1) is 0 Å². The largest absolute Gasteiger partial charge is 0.478 e. The maximum absolute atomic E-state index is 11.0. The van der Waals surface area contributed by atoms with Gasteiger partial charge < -0.3 is 10.4 Å². The highest BCUT2D eigenvalue weighted by atomic mass is 16.4. The first-order valence-electron chi connectivity index (χ1n) is 5.49. The second kappa shape index (κ2) is 3.69. The monoisotopic (exact) mass is 229 g/mol. The molecule has 2 N–H and O–H groups in total. The molecule has 1 aliphatic rings. The number of hydrogen-bond acceptors (Lipinski definition) is 4. The highest BCUT2D eigenvalue weighted by Gasteiger charge is 2.22. The third kappa shape index (κ3) is 1.91. The summed E-state index contributed by atoms with van der Waals surface area (Å²) < 4.78 is 0. The van der Waals surface area contributed by atoms with Crippen LogP contribution in [0.25, 0.3) is 10.9 Å². The number of aromatic nitrogens is 2. The van der Waals surface area contributed by atoms with Crippen LogP contribution in [0.15, 0.2) is 24.4 Å². The molecular formula is C12H11N3O2. The minimum absolute atomic E-state index is 0.237. The van der Waals surface area contributed by atoms with Crippen molar-refractivity contribution in [2.24, 2.45) is 0 Å². The molecule has 2 aromatic rings. The smallest absolute Gasteiger partial charge is 0.336 e. The van der Waals surface area contributed by atoms with E-state index in [1.807, 2.05) is 0 Å². The van der Waals surface area contributed by atoms with E-state index in [1.165, 1.54) is 0 Å². The van der Waals surface area contributed by atoms with Gasteiger partial charge in [-0.3, -0.25) is 0 Å². The summed E-state index contributed by atoms with van der Waals surface area (Å²) in [4.78, 5) is 19.5. The zero-order valence-corrected chi connectivity index (χ0v) is 9.05. The van der Waals surface area contributed by atoms with Gasteiger partial charge in [-0.2, -0.15) is 0 Å². The Bertz CT molecular complexity index is 593. The van der Waals surface area contributed by atoms with Crippen LogP contribution in [0.3, 0.4) is 0 Å². The quantitative estimate of drug-likeness (QED) is 0.840. The number of carboxylic acids is 1. The first kappa shape index (κ1) is 10.0. The molecule has 0 radical (unpaired) electrons. The predicted octanol–water partition coefficient (Wildman–Crippen LogP) is 1.90. The van der Waals surface area contributed by atoms with Gasteiger partial charge in [0.15, 0.2) is 0 Å². The summed E-state index contributed by atoms with van der Waals surface area (Å²) in [6.07, 6.45) is 3.86. The molecular weight excluding hydrogens is 218 g/mol. The molecule has 0 spiro atoms. The maximum atomic E-state index is 11.0. The average Bonchev–Trinajstić information content (AvgIpc) is 3.11. The van der Waals surface area contributed by atoms with Crippen molar-refractivity contribution < 1.29 is 9.90 Å². The van der Waals surface area contributed by atoms with Crippen LogP contribution in [0.4, 0.5) is 5.95 Å². The summed E-state index contributed by atoms with van der Waals surface area (Å²) >= 11 is 0. The Hall–Kier alpha value is -2.17. The van der Waals surface area contributed by atoms with Crippen molar-refractivity contribution in [3.05, 3.63) is 30.0 Å². The van der Waals surface area contributed by atoms with Crippen molar-refractivity contribution in [3.8, 4) is 0 Å². The van der Waals surface area contributed by atoms with Crippen molar-refractivity contribution >= 4 is 22.8 Å². The topological polar surface area (TPSA) is 75.1 Å². The van der Waals surface area contributed by atoms with Gasteiger partial charge in [0.1, 0.15) is 0 Å². The minimum Gasteiger partial charge on any atom is -0.478 e. The normalized spacial score (nSPS) is 14.8. The molecule has 0 amide bonds. The molecule has 1 saturated carbocycles. The number of anilines is 1. The van der Waals surface area contributed by atoms with Gasteiger partial charge in [0.2, 0.25) is 5.95 Å². The number of nitrogens with one attached hydrogen (secondary N) is 1. The Morgan fingerprint density at radius 3 is 2.94 bits per heavy atom. The zero-order chi connectivity index (χ0) is 11.8. The number of hydrogen-bond donors (Lipinski definition) is 2. The van der Waals surface area contributed by atoms with E-state index in [2.05, 4.69) is 15.3 Å². The molecule has 0 unspecified atom stereocenters. The molecule has 1 aromatic heterocycles. The van der Waals surface area contributed by atoms with Gasteiger partial charge >= 0.3 is 5.97 Å². The van der Waals surface area contributed by atoms with Crippen molar-refractivity contribution in [3.63, 3.8) is 0 Å². The third-order valence-corrected chi connectivity index (χ3v) is 2.77. The maximum Gasteiger partial charge on any atom is 0.336 e. The lowest BCUT2D eigenvalue weighted by molar-refractivity contribution is 0.0699. The van der Waals surface area contributed by atoms with Crippen LogP contribution in [0.1, 0.15) is 23.2 Å². The van der Waals surface area contributed by atoms with E-state index in [1.54, 1.807) is 24.4 Å². The summed E-state index contributed by atoms with van der Waals surface area (Å²) in [6, 6.07) is 5.53. The number of fused-ring (bicyclic) bond motifs is 1. The third-order valence-electron chi connectivity index (χ3n) is 2.77. The first-order chi connectivity index (χ1) is 8.24. The fourth-order valence-electron chi connectivity index (χ4n) is 1.72. The van der Waals surface area contributed by atoms with Crippen LogP contribution in [-0.4, -0.2) is 27.1 Å². The number of rotatable bonds is 3. The number of carbonyl (C=O) groups is 1. The molecule has 0 bridgehead atoms. The lowest BCUT2D eigenvalue weighted by Crippen LogP contribution is -2.06. The van der Waals surface area contributed by atoms with Crippen LogP contribution in [0.5, 0.6) is 0 Å². The van der Waals surface area contributed by atoms with Crippen LogP contribution in [0.2, 0.25) is 0 Å². The summed E-state index contributed by atoms with van der Waals surface area (Å²) in [5.41, 5.74) is 0.892. The molecule has 0 aliphatic heterocycles. The van der Waals surface area contributed by atoms with E-state index < -0.39 is 5.97 Å². The highest BCUT2D eigenvalue weighted by molar-refractivity contribution is 6.02. The summed E-state index contributed by atoms with van der Waals surface area (Å²) in [5.74, 6) is -0.385. The number of nitrogens with zero attached hydrogens (tertiary/aromatic N) is 2. The molecule has 3 rings (SSSR count). The standard InChI is InChI=1S/C12H11N3O2/c16-11(17)8-2-1-3-10-9(8)6-13-12(15-10)14-7-4-5-7/h1-3,6-7H,4-5H2,(H,16,17)(H,13,14,15). The Labute approximate surface area is 97.5 Å². The Balaban J connectivity index is 2.07. The average molecular weight is 229 g/mol. The first-order valence-corrected chi connectivity index (χ1v) is 5.49. The summed E-state index contributed by atoms with van der Waals surface area (Å²) in [6.45, 7) is 0. The molecule has 5 heteroatoms. The van der Waals surface area contributed by atoms with E-state index >= 15 is 0 Å². The molecule has 86 valence electrons. The summed E-state index contributed by atoms with van der Waals surface area (Å²) in [5, 5.41) is 12.8. The van der Waals surface area contributed by atoms with Gasteiger partial charge in [-0.15, -0.1) is 0 Å². The van der Waals surface area contributed by atoms with E-state index in [4.69, 9.17) is 5.11 Å². The molecule has 1 fully saturated rings. The highest BCUT2D eigenvalue weighted by Crippen LogP contribution is 2.24. The van der Waals surface area contributed by atoms with Crippen LogP contribution in [-0.2, 0) is 0 Å². The minimum atomic E-state index is -0.956. The fraction of sp³-hybridized carbons (Fsp3) is 0.250. The lowest BCUT2D eigenvalue weighted by atomic mass is 10.1. The molecule has 5 nitrogen and oxygen atoms in total. The predicted molar refractivity (Wildman–Crippen MR) is 63.1 cm³/mol. The van der Waals surface area contributed by atoms with E-state index in [0.29, 0.717) is 22.9 Å². The summed E-state index contributed by atoms with van der Waals surface area (Å²) in [7, 11) is 0. The van der Waals surface area contributed by atoms with Crippen molar-refractivity contribution in [2.75, 3.05) is 5.32 Å². The van der Waals surface area contributed by atoms with Gasteiger partial charge in [0, 0.05) is 17.6 Å². The van der Waals surface area contributed by atoms with E-state index in [0.717, 1.165) is 12.8 Å². The molecule has 1 aliphatic carbocycles. The molecule has 0 saturated heterocycles. The van der Waals surface area contributed by atoms with E-state index in [-0.39, 0.29) is 5.56 Å². The van der Waals surface area contributed by atoms with Gasteiger partial charge in [-0.25, -0.2) is 14.8 Å². The van der Waals surface area contributed by atoms with Gasteiger partial charge in [-0.1, -0.05) is 6.07 Å². The Morgan fingerprint density at radius 1 is 1.41 bits per heavy atom. The molecule has 1 aromatic carbocycles. The Kier molecular flexibility index (Phi) is 2.18. The SMILES string of the molecule is O=C(O)c1cccc2nc(NC3CC3)ncc12. The van der Waals surface area contributed by atoms with Crippen molar-refractivity contribution in [1.82, 2.24) is 9.97 Å². The molecule has 0 atom stereocenters.